The summed E-state index contributed by atoms with van der Waals surface area (Å²) < 4.78 is 31.5. The van der Waals surface area contributed by atoms with Gasteiger partial charge in [0.05, 0.1) is 19.1 Å². The minimum Gasteiger partial charge on any atom is -0.497 e. The van der Waals surface area contributed by atoms with Crippen LogP contribution in [-0.4, -0.2) is 51.7 Å². The van der Waals surface area contributed by atoms with Crippen LogP contribution >= 0.6 is 0 Å². The van der Waals surface area contributed by atoms with Crippen LogP contribution in [0.3, 0.4) is 0 Å². The van der Waals surface area contributed by atoms with Crippen molar-refractivity contribution in [2.75, 3.05) is 30.8 Å². The van der Waals surface area contributed by atoms with Crippen LogP contribution in [0.15, 0.2) is 48.5 Å². The van der Waals surface area contributed by atoms with Gasteiger partial charge in [-0.1, -0.05) is 31.2 Å². The maximum Gasteiger partial charge on any atom is 0.244 e. The molecule has 1 saturated heterocycles. The van der Waals surface area contributed by atoms with Crippen LogP contribution in [0.4, 0.5) is 5.69 Å². The molecule has 1 heterocycles. The van der Waals surface area contributed by atoms with E-state index in [0.29, 0.717) is 24.4 Å². The highest BCUT2D eigenvalue weighted by Gasteiger charge is 2.31. The molecule has 0 aliphatic carbocycles. The molecular formula is C24H33N3O4S. The number of hydrogen-bond donors (Lipinski definition) is 1. The van der Waals surface area contributed by atoms with Gasteiger partial charge in [0.25, 0.3) is 0 Å². The Bertz CT molecular complexity index is 1000. The summed E-state index contributed by atoms with van der Waals surface area (Å²) in [6, 6.07) is 14.0. The van der Waals surface area contributed by atoms with Crippen LogP contribution in [0.25, 0.3) is 0 Å². The molecule has 1 fully saturated rings. The second kappa shape index (κ2) is 10.8. The fourth-order valence-electron chi connectivity index (χ4n) is 4.13. The first-order valence-electron chi connectivity index (χ1n) is 11.0. The number of nitrogens with zero attached hydrogens (tertiary/aromatic N) is 2. The molecule has 1 unspecified atom stereocenters. The SMILES string of the molecule is CCC(C(=O)NCc1cccc(CN2CCCC2)c1)N(c1ccc(OC)cc1)S(C)(=O)=O. The number of likely N-dealkylation sites (tertiary alicyclic amines) is 1. The second-order valence-electron chi connectivity index (χ2n) is 8.20. The molecule has 0 aromatic heterocycles. The molecule has 8 heteroatoms. The number of benzene rings is 2. The normalized spacial score (nSPS) is 15.3. The quantitative estimate of drug-likeness (QED) is 0.591. The van der Waals surface area contributed by atoms with Crippen molar-refractivity contribution >= 4 is 21.6 Å². The van der Waals surface area contributed by atoms with Crippen LogP contribution in [-0.2, 0) is 27.9 Å². The average Bonchev–Trinajstić information content (AvgIpc) is 3.28. The molecule has 174 valence electrons. The van der Waals surface area contributed by atoms with E-state index in [2.05, 4.69) is 22.3 Å². The third-order valence-corrected chi connectivity index (χ3v) is 6.90. The van der Waals surface area contributed by atoms with E-state index in [9.17, 15) is 13.2 Å². The summed E-state index contributed by atoms with van der Waals surface area (Å²) in [5.41, 5.74) is 2.66. The lowest BCUT2D eigenvalue weighted by Crippen LogP contribution is -2.49. The van der Waals surface area contributed by atoms with E-state index < -0.39 is 16.1 Å². The Kier molecular flexibility index (Phi) is 8.15. The number of hydrogen-bond acceptors (Lipinski definition) is 5. The summed E-state index contributed by atoms with van der Waals surface area (Å²) in [5.74, 6) is 0.298. The number of carbonyl (C=O) groups excluding carboxylic acids is 1. The molecule has 3 rings (SSSR count). The van der Waals surface area contributed by atoms with Gasteiger partial charge in [-0.2, -0.15) is 0 Å². The van der Waals surface area contributed by atoms with Crippen molar-refractivity contribution < 1.29 is 17.9 Å². The van der Waals surface area contributed by atoms with Gasteiger partial charge in [-0.3, -0.25) is 14.0 Å². The maximum absolute atomic E-state index is 13.0. The highest BCUT2D eigenvalue weighted by Crippen LogP contribution is 2.25. The molecular weight excluding hydrogens is 426 g/mol. The summed E-state index contributed by atoms with van der Waals surface area (Å²) in [5, 5.41) is 2.93. The predicted molar refractivity (Wildman–Crippen MR) is 127 cm³/mol. The zero-order valence-corrected chi connectivity index (χ0v) is 19.9. The number of sulfonamides is 1. The van der Waals surface area contributed by atoms with E-state index in [1.54, 1.807) is 31.4 Å². The molecule has 1 aliphatic heterocycles. The fraction of sp³-hybridized carbons (Fsp3) is 0.458. The van der Waals surface area contributed by atoms with Crippen LogP contribution < -0.4 is 14.4 Å². The predicted octanol–water partition coefficient (Wildman–Crippen LogP) is 3.15. The molecule has 0 spiro atoms. The Labute approximate surface area is 191 Å². The summed E-state index contributed by atoms with van der Waals surface area (Å²) >= 11 is 0. The molecule has 1 atom stereocenters. The van der Waals surface area contributed by atoms with Crippen molar-refractivity contribution in [1.82, 2.24) is 10.2 Å². The van der Waals surface area contributed by atoms with Crippen molar-refractivity contribution in [1.29, 1.82) is 0 Å². The van der Waals surface area contributed by atoms with Crippen LogP contribution in [0.2, 0.25) is 0 Å². The minimum atomic E-state index is -3.67. The molecule has 0 saturated carbocycles. The van der Waals surface area contributed by atoms with Crippen molar-refractivity contribution in [2.24, 2.45) is 0 Å². The topological polar surface area (TPSA) is 79.0 Å². The molecule has 7 nitrogen and oxygen atoms in total. The van der Waals surface area contributed by atoms with E-state index in [1.807, 2.05) is 19.1 Å². The Morgan fingerprint density at radius 3 is 2.38 bits per heavy atom. The molecule has 2 aromatic rings. The van der Waals surface area contributed by atoms with E-state index >= 15 is 0 Å². The summed E-state index contributed by atoms with van der Waals surface area (Å²) in [7, 11) is -2.12. The van der Waals surface area contributed by atoms with Crippen LogP contribution in [0.5, 0.6) is 5.75 Å². The first kappa shape index (κ1) is 24.1. The lowest BCUT2D eigenvalue weighted by molar-refractivity contribution is -0.122. The Morgan fingerprint density at radius 1 is 1.12 bits per heavy atom. The molecule has 2 aromatic carbocycles. The zero-order valence-electron chi connectivity index (χ0n) is 19.1. The molecule has 1 aliphatic rings. The summed E-state index contributed by atoms with van der Waals surface area (Å²) in [4.78, 5) is 15.5. The number of anilines is 1. The van der Waals surface area contributed by atoms with E-state index in [0.717, 1.165) is 31.5 Å². The van der Waals surface area contributed by atoms with Crippen molar-refractivity contribution in [2.45, 2.75) is 45.3 Å². The van der Waals surface area contributed by atoms with Crippen molar-refractivity contribution in [3.8, 4) is 5.75 Å². The van der Waals surface area contributed by atoms with Gasteiger partial charge in [0.1, 0.15) is 11.8 Å². The van der Waals surface area contributed by atoms with Crippen LogP contribution in [0.1, 0.15) is 37.3 Å². The van der Waals surface area contributed by atoms with Gasteiger partial charge in [-0.15, -0.1) is 0 Å². The third kappa shape index (κ3) is 6.23. The van der Waals surface area contributed by atoms with Gasteiger partial charge in [-0.25, -0.2) is 8.42 Å². The number of nitrogens with one attached hydrogen (secondary N) is 1. The van der Waals surface area contributed by atoms with E-state index in [4.69, 9.17) is 4.74 Å². The fourth-order valence-corrected chi connectivity index (χ4v) is 5.35. The molecule has 0 bridgehead atoms. The number of amides is 1. The van der Waals surface area contributed by atoms with Crippen LogP contribution in [0, 0.1) is 0 Å². The third-order valence-electron chi connectivity index (χ3n) is 5.72. The average molecular weight is 460 g/mol. The van der Waals surface area contributed by atoms with Gasteiger partial charge in [0.15, 0.2) is 0 Å². The number of methoxy groups -OCH3 is 1. The van der Waals surface area contributed by atoms with E-state index in [1.165, 1.54) is 22.7 Å². The Hall–Kier alpha value is -2.58. The first-order chi connectivity index (χ1) is 15.3. The molecule has 1 N–H and O–H groups in total. The largest absolute Gasteiger partial charge is 0.497 e. The Balaban J connectivity index is 1.71. The maximum atomic E-state index is 13.0. The minimum absolute atomic E-state index is 0.321. The zero-order chi connectivity index (χ0) is 23.1. The van der Waals surface area contributed by atoms with Crippen molar-refractivity contribution in [3.05, 3.63) is 59.7 Å². The highest BCUT2D eigenvalue weighted by molar-refractivity contribution is 7.92. The second-order valence-corrected chi connectivity index (χ2v) is 10.1. The summed E-state index contributed by atoms with van der Waals surface area (Å²) in [6.45, 7) is 5.34. The number of ether oxygens (including phenoxy) is 1. The molecule has 1 amide bonds. The molecule has 0 radical (unpaired) electrons. The lowest BCUT2D eigenvalue weighted by Gasteiger charge is -2.30. The molecule has 32 heavy (non-hydrogen) atoms. The van der Waals surface area contributed by atoms with Crippen molar-refractivity contribution in [3.63, 3.8) is 0 Å². The van der Waals surface area contributed by atoms with Gasteiger partial charge in [0.2, 0.25) is 15.9 Å². The number of rotatable bonds is 10. The van der Waals surface area contributed by atoms with E-state index in [-0.39, 0.29) is 5.91 Å². The Morgan fingerprint density at radius 2 is 1.78 bits per heavy atom. The standard InChI is InChI=1S/C24H33N3O4S/c1-4-23(27(32(3,29)30)21-10-12-22(31-2)13-11-21)24(28)25-17-19-8-7-9-20(16-19)18-26-14-5-6-15-26/h7-13,16,23H,4-6,14-15,17-18H2,1-3H3,(H,25,28). The smallest absolute Gasteiger partial charge is 0.244 e. The first-order valence-corrected chi connectivity index (χ1v) is 12.9. The highest BCUT2D eigenvalue weighted by atomic mass is 32.2. The lowest BCUT2D eigenvalue weighted by atomic mass is 10.1. The summed E-state index contributed by atoms with van der Waals surface area (Å²) in [6.07, 6.45) is 3.97. The van der Waals surface area contributed by atoms with Gasteiger partial charge < -0.3 is 10.1 Å². The monoisotopic (exact) mass is 459 g/mol. The van der Waals surface area contributed by atoms with Gasteiger partial charge >= 0.3 is 0 Å². The van der Waals surface area contributed by atoms with Gasteiger partial charge in [-0.05, 0) is 67.7 Å². The van der Waals surface area contributed by atoms with Gasteiger partial charge in [0, 0.05) is 13.1 Å². The number of carbonyl (C=O) groups is 1.